The molecule has 0 aromatic rings. The standard InChI is InChI=1S/C6H14N4/c1-9-2-4-10(5-3-9)6(7)8/h2-5H2,1H3,(H3,7,8). The summed E-state index contributed by atoms with van der Waals surface area (Å²) in [5.74, 6) is 0.202. The number of hydrogen-bond donors (Lipinski definition) is 2. The van der Waals surface area contributed by atoms with Crippen LogP contribution in [0, 0.1) is 5.41 Å². The fourth-order valence-corrected chi connectivity index (χ4v) is 1.05. The normalized spacial score (nSPS) is 21.1. The first kappa shape index (κ1) is 7.34. The maximum Gasteiger partial charge on any atom is 0.188 e. The topological polar surface area (TPSA) is 56.4 Å². The Hall–Kier alpha value is -0.770. The molecule has 3 N–H and O–H groups in total. The molecule has 4 heteroatoms. The van der Waals surface area contributed by atoms with Crippen LogP contribution in [0.2, 0.25) is 0 Å². The van der Waals surface area contributed by atoms with Crippen LogP contribution in [0.15, 0.2) is 0 Å². The van der Waals surface area contributed by atoms with E-state index >= 15 is 0 Å². The van der Waals surface area contributed by atoms with Gasteiger partial charge in [0.15, 0.2) is 5.96 Å². The molecule has 58 valence electrons. The van der Waals surface area contributed by atoms with Gasteiger partial charge in [-0.1, -0.05) is 0 Å². The first-order valence-electron chi connectivity index (χ1n) is 3.47. The number of guanidine groups is 1. The predicted molar refractivity (Wildman–Crippen MR) is 41.0 cm³/mol. The number of piperazine rings is 1. The summed E-state index contributed by atoms with van der Waals surface area (Å²) in [5.41, 5.74) is 5.30. The molecule has 1 aliphatic heterocycles. The molecule has 4 nitrogen and oxygen atoms in total. The summed E-state index contributed by atoms with van der Waals surface area (Å²) in [6.45, 7) is 3.82. The molecule has 1 aliphatic rings. The van der Waals surface area contributed by atoms with Crippen molar-refractivity contribution in [3.05, 3.63) is 0 Å². The smallest absolute Gasteiger partial charge is 0.188 e. The van der Waals surface area contributed by atoms with Gasteiger partial charge in [0.2, 0.25) is 0 Å². The Balaban J connectivity index is 2.33. The molecule has 0 aromatic heterocycles. The molecule has 0 amide bonds. The Bertz CT molecular complexity index is 126. The van der Waals surface area contributed by atoms with Gasteiger partial charge in [-0.05, 0) is 7.05 Å². The number of likely N-dealkylation sites (N-methyl/N-ethyl adjacent to an activating group) is 1. The molecule has 0 atom stereocenters. The van der Waals surface area contributed by atoms with Gasteiger partial charge < -0.3 is 15.5 Å². The van der Waals surface area contributed by atoms with Crippen molar-refractivity contribution in [2.75, 3.05) is 33.2 Å². The van der Waals surface area contributed by atoms with Gasteiger partial charge in [-0.2, -0.15) is 0 Å². The van der Waals surface area contributed by atoms with Crippen LogP contribution in [0.4, 0.5) is 0 Å². The highest BCUT2D eigenvalue weighted by molar-refractivity contribution is 5.74. The molecule has 0 radical (unpaired) electrons. The van der Waals surface area contributed by atoms with Gasteiger partial charge in [-0.3, -0.25) is 5.41 Å². The SMILES string of the molecule is CN1CCN(C(=N)N)CC1. The zero-order valence-electron chi connectivity index (χ0n) is 6.30. The van der Waals surface area contributed by atoms with Crippen molar-refractivity contribution < 1.29 is 0 Å². The molecule has 0 bridgehead atoms. The summed E-state index contributed by atoms with van der Waals surface area (Å²) in [5, 5.41) is 7.14. The molecular formula is C6H14N4. The Morgan fingerprint density at radius 1 is 1.30 bits per heavy atom. The fourth-order valence-electron chi connectivity index (χ4n) is 1.05. The summed E-state index contributed by atoms with van der Waals surface area (Å²) in [6, 6.07) is 0. The molecular weight excluding hydrogens is 128 g/mol. The summed E-state index contributed by atoms with van der Waals surface area (Å²) in [7, 11) is 2.08. The lowest BCUT2D eigenvalue weighted by atomic mass is 10.3. The van der Waals surface area contributed by atoms with E-state index in [-0.39, 0.29) is 5.96 Å². The average Bonchev–Trinajstić information content (AvgIpc) is 1.88. The lowest BCUT2D eigenvalue weighted by Crippen LogP contribution is -2.49. The molecule has 1 rings (SSSR count). The van der Waals surface area contributed by atoms with Gasteiger partial charge >= 0.3 is 0 Å². The summed E-state index contributed by atoms with van der Waals surface area (Å²) in [6.07, 6.45) is 0. The van der Waals surface area contributed by atoms with Crippen LogP contribution in [-0.4, -0.2) is 49.0 Å². The van der Waals surface area contributed by atoms with Crippen molar-refractivity contribution in [3.63, 3.8) is 0 Å². The Labute approximate surface area is 61.1 Å². The number of nitrogens with zero attached hydrogens (tertiary/aromatic N) is 2. The highest BCUT2D eigenvalue weighted by Crippen LogP contribution is 1.96. The molecule has 0 aromatic carbocycles. The van der Waals surface area contributed by atoms with Gasteiger partial charge in [0.05, 0.1) is 0 Å². The molecule has 1 fully saturated rings. The largest absolute Gasteiger partial charge is 0.370 e. The minimum Gasteiger partial charge on any atom is -0.370 e. The van der Waals surface area contributed by atoms with E-state index in [0.29, 0.717) is 0 Å². The molecule has 0 aliphatic carbocycles. The van der Waals surface area contributed by atoms with E-state index in [1.807, 2.05) is 4.90 Å². The highest BCUT2D eigenvalue weighted by Gasteiger charge is 2.13. The summed E-state index contributed by atoms with van der Waals surface area (Å²) < 4.78 is 0. The second-order valence-electron chi connectivity index (χ2n) is 2.68. The monoisotopic (exact) mass is 142 g/mol. The zero-order chi connectivity index (χ0) is 7.56. The lowest BCUT2D eigenvalue weighted by Gasteiger charge is -2.32. The van der Waals surface area contributed by atoms with Crippen LogP contribution in [0.5, 0.6) is 0 Å². The molecule has 10 heavy (non-hydrogen) atoms. The fraction of sp³-hybridized carbons (Fsp3) is 0.833. The maximum absolute atomic E-state index is 7.14. The number of nitrogens with two attached hydrogens (primary N) is 1. The molecule has 0 spiro atoms. The average molecular weight is 142 g/mol. The van der Waals surface area contributed by atoms with Crippen molar-refractivity contribution in [2.24, 2.45) is 5.73 Å². The summed E-state index contributed by atoms with van der Waals surface area (Å²) in [4.78, 5) is 4.12. The van der Waals surface area contributed by atoms with Crippen molar-refractivity contribution in [1.82, 2.24) is 9.80 Å². The van der Waals surface area contributed by atoms with Crippen LogP contribution in [0.25, 0.3) is 0 Å². The van der Waals surface area contributed by atoms with Gasteiger partial charge in [-0.25, -0.2) is 0 Å². The molecule has 1 heterocycles. The minimum absolute atomic E-state index is 0.202. The van der Waals surface area contributed by atoms with Gasteiger partial charge in [0.1, 0.15) is 0 Å². The molecule has 0 unspecified atom stereocenters. The van der Waals surface area contributed by atoms with E-state index in [1.165, 1.54) is 0 Å². The zero-order valence-corrected chi connectivity index (χ0v) is 6.30. The van der Waals surface area contributed by atoms with E-state index in [9.17, 15) is 0 Å². The van der Waals surface area contributed by atoms with Crippen LogP contribution < -0.4 is 5.73 Å². The molecule has 0 saturated carbocycles. The van der Waals surface area contributed by atoms with E-state index < -0.39 is 0 Å². The third-order valence-corrected chi connectivity index (χ3v) is 1.84. The van der Waals surface area contributed by atoms with Crippen LogP contribution in [-0.2, 0) is 0 Å². The second kappa shape index (κ2) is 2.88. The quantitative estimate of drug-likeness (QED) is 0.341. The third-order valence-electron chi connectivity index (χ3n) is 1.84. The van der Waals surface area contributed by atoms with Crippen molar-refractivity contribution in [1.29, 1.82) is 5.41 Å². The Morgan fingerprint density at radius 2 is 1.80 bits per heavy atom. The van der Waals surface area contributed by atoms with Crippen molar-refractivity contribution in [3.8, 4) is 0 Å². The minimum atomic E-state index is 0.202. The third kappa shape index (κ3) is 1.60. The number of hydrogen-bond acceptors (Lipinski definition) is 2. The van der Waals surface area contributed by atoms with Crippen LogP contribution in [0.1, 0.15) is 0 Å². The van der Waals surface area contributed by atoms with Gasteiger partial charge in [0, 0.05) is 26.2 Å². The summed E-state index contributed by atoms with van der Waals surface area (Å²) >= 11 is 0. The van der Waals surface area contributed by atoms with Crippen molar-refractivity contribution >= 4 is 5.96 Å². The second-order valence-corrected chi connectivity index (χ2v) is 2.68. The van der Waals surface area contributed by atoms with E-state index in [0.717, 1.165) is 26.2 Å². The lowest BCUT2D eigenvalue weighted by molar-refractivity contribution is 0.213. The van der Waals surface area contributed by atoms with Gasteiger partial charge in [-0.15, -0.1) is 0 Å². The van der Waals surface area contributed by atoms with Crippen LogP contribution >= 0.6 is 0 Å². The number of rotatable bonds is 0. The number of nitrogens with one attached hydrogen (secondary N) is 1. The maximum atomic E-state index is 7.14. The van der Waals surface area contributed by atoms with Gasteiger partial charge in [0.25, 0.3) is 0 Å². The predicted octanol–water partition coefficient (Wildman–Crippen LogP) is -0.873. The Kier molecular flexibility index (Phi) is 2.11. The Morgan fingerprint density at radius 3 is 2.20 bits per heavy atom. The van der Waals surface area contributed by atoms with E-state index in [1.54, 1.807) is 0 Å². The highest BCUT2D eigenvalue weighted by atomic mass is 15.3. The van der Waals surface area contributed by atoms with Crippen LogP contribution in [0.3, 0.4) is 0 Å². The van der Waals surface area contributed by atoms with E-state index in [2.05, 4.69) is 11.9 Å². The van der Waals surface area contributed by atoms with E-state index in [4.69, 9.17) is 11.1 Å². The van der Waals surface area contributed by atoms with Crippen molar-refractivity contribution in [2.45, 2.75) is 0 Å². The first-order valence-corrected chi connectivity index (χ1v) is 3.47. The first-order chi connectivity index (χ1) is 4.70. The molecule has 1 saturated heterocycles.